The molecule has 1 aromatic carbocycles. The molecular formula is C12H19NO4S. The molecule has 0 radical (unpaired) electrons. The van der Waals surface area contributed by atoms with E-state index in [1.807, 2.05) is 19.1 Å². The molecule has 0 aromatic heterocycles. The van der Waals surface area contributed by atoms with Crippen LogP contribution in [0.15, 0.2) is 24.3 Å². The van der Waals surface area contributed by atoms with Crippen molar-refractivity contribution in [3.8, 4) is 11.5 Å². The maximum absolute atomic E-state index is 11.1. The van der Waals surface area contributed by atoms with Gasteiger partial charge in [-0.25, -0.2) is 13.1 Å². The number of nitrogens with one attached hydrogen (secondary N) is 1. The fraction of sp³-hybridized carbons (Fsp3) is 0.500. The lowest BCUT2D eigenvalue weighted by Crippen LogP contribution is -2.29. The molecule has 1 N–H and O–H groups in total. The van der Waals surface area contributed by atoms with Gasteiger partial charge in [-0.3, -0.25) is 0 Å². The van der Waals surface area contributed by atoms with Crippen molar-refractivity contribution in [2.45, 2.75) is 13.8 Å². The summed E-state index contributed by atoms with van der Waals surface area (Å²) in [6.45, 7) is 4.70. The van der Waals surface area contributed by atoms with Crippen LogP contribution in [0.5, 0.6) is 11.5 Å². The molecule has 0 bridgehead atoms. The molecule has 0 fully saturated rings. The normalized spacial score (nSPS) is 11.2. The summed E-state index contributed by atoms with van der Waals surface area (Å²) in [5, 5.41) is 0. The van der Waals surface area contributed by atoms with Crippen LogP contribution in [-0.2, 0) is 10.0 Å². The maximum atomic E-state index is 11.1. The Morgan fingerprint density at radius 2 is 1.61 bits per heavy atom. The van der Waals surface area contributed by atoms with Crippen LogP contribution in [0.1, 0.15) is 13.8 Å². The van der Waals surface area contributed by atoms with Gasteiger partial charge in [-0.05, 0) is 38.1 Å². The molecule has 0 aliphatic carbocycles. The van der Waals surface area contributed by atoms with Gasteiger partial charge in [0.2, 0.25) is 10.0 Å². The largest absolute Gasteiger partial charge is 0.494 e. The summed E-state index contributed by atoms with van der Waals surface area (Å²) in [6, 6.07) is 7.21. The standard InChI is InChI=1S/C12H19NO4S/c1-3-16-11-5-7-12(8-6-11)17-10-9-13-18(14,15)4-2/h5-8,13H,3-4,9-10H2,1-2H3. The number of benzene rings is 1. The van der Waals surface area contributed by atoms with Crippen molar-refractivity contribution in [1.82, 2.24) is 4.72 Å². The minimum Gasteiger partial charge on any atom is -0.494 e. The van der Waals surface area contributed by atoms with Gasteiger partial charge in [0.15, 0.2) is 0 Å². The number of ether oxygens (including phenoxy) is 2. The highest BCUT2D eigenvalue weighted by Gasteiger charge is 2.04. The molecule has 0 heterocycles. The second-order valence-electron chi connectivity index (χ2n) is 3.55. The summed E-state index contributed by atoms with van der Waals surface area (Å²) in [6.07, 6.45) is 0. The molecule has 0 saturated heterocycles. The van der Waals surface area contributed by atoms with Crippen LogP contribution < -0.4 is 14.2 Å². The average molecular weight is 273 g/mol. The van der Waals surface area contributed by atoms with Gasteiger partial charge in [-0.1, -0.05) is 0 Å². The van der Waals surface area contributed by atoms with E-state index in [1.54, 1.807) is 19.1 Å². The molecule has 0 aliphatic heterocycles. The lowest BCUT2D eigenvalue weighted by Gasteiger charge is -2.08. The van der Waals surface area contributed by atoms with E-state index in [1.165, 1.54) is 0 Å². The molecule has 0 amide bonds. The highest BCUT2D eigenvalue weighted by atomic mass is 32.2. The summed E-state index contributed by atoms with van der Waals surface area (Å²) < 4.78 is 35.4. The second-order valence-corrected chi connectivity index (χ2v) is 5.65. The van der Waals surface area contributed by atoms with E-state index in [0.717, 1.165) is 5.75 Å². The van der Waals surface area contributed by atoms with Crippen molar-refractivity contribution in [2.24, 2.45) is 0 Å². The van der Waals surface area contributed by atoms with Gasteiger partial charge in [0.05, 0.1) is 12.4 Å². The molecule has 5 nitrogen and oxygen atoms in total. The van der Waals surface area contributed by atoms with Crippen LogP contribution in [0.2, 0.25) is 0 Å². The second kappa shape index (κ2) is 7.23. The highest BCUT2D eigenvalue weighted by molar-refractivity contribution is 7.89. The summed E-state index contributed by atoms with van der Waals surface area (Å²) in [7, 11) is -3.14. The van der Waals surface area contributed by atoms with Crippen molar-refractivity contribution in [3.63, 3.8) is 0 Å². The molecule has 6 heteroatoms. The molecule has 0 aliphatic rings. The number of sulfonamides is 1. The summed E-state index contributed by atoms with van der Waals surface area (Å²) >= 11 is 0. The van der Waals surface area contributed by atoms with Crippen LogP contribution in [0, 0.1) is 0 Å². The quantitative estimate of drug-likeness (QED) is 0.727. The molecule has 0 atom stereocenters. The number of hydrogen-bond donors (Lipinski definition) is 1. The van der Waals surface area contributed by atoms with E-state index in [4.69, 9.17) is 9.47 Å². The Bertz CT molecular complexity index is 442. The Hall–Kier alpha value is -1.27. The van der Waals surface area contributed by atoms with E-state index in [9.17, 15) is 8.42 Å². The van der Waals surface area contributed by atoms with Gasteiger partial charge in [-0.15, -0.1) is 0 Å². The molecule has 0 saturated carbocycles. The van der Waals surface area contributed by atoms with Crippen molar-refractivity contribution in [3.05, 3.63) is 24.3 Å². The van der Waals surface area contributed by atoms with Crippen LogP contribution in [0.4, 0.5) is 0 Å². The topological polar surface area (TPSA) is 64.6 Å². The van der Waals surface area contributed by atoms with Crippen molar-refractivity contribution >= 4 is 10.0 Å². The van der Waals surface area contributed by atoms with Gasteiger partial charge in [0.1, 0.15) is 18.1 Å². The molecular weight excluding hydrogens is 254 g/mol. The summed E-state index contributed by atoms with van der Waals surface area (Å²) in [4.78, 5) is 0. The first-order chi connectivity index (χ1) is 8.57. The van der Waals surface area contributed by atoms with Gasteiger partial charge >= 0.3 is 0 Å². The maximum Gasteiger partial charge on any atom is 0.211 e. The van der Waals surface area contributed by atoms with Gasteiger partial charge in [0.25, 0.3) is 0 Å². The summed E-state index contributed by atoms with van der Waals surface area (Å²) in [5.74, 6) is 1.56. The zero-order valence-electron chi connectivity index (χ0n) is 10.7. The molecule has 102 valence electrons. The predicted octanol–water partition coefficient (Wildman–Crippen LogP) is 1.40. The fourth-order valence-corrected chi connectivity index (χ4v) is 1.87. The predicted molar refractivity (Wildman–Crippen MR) is 70.6 cm³/mol. The first-order valence-corrected chi connectivity index (χ1v) is 7.55. The van der Waals surface area contributed by atoms with Gasteiger partial charge < -0.3 is 9.47 Å². The average Bonchev–Trinajstić information content (AvgIpc) is 2.37. The Balaban J connectivity index is 2.31. The SMILES string of the molecule is CCOc1ccc(OCCNS(=O)(=O)CC)cc1. The molecule has 0 unspecified atom stereocenters. The lowest BCUT2D eigenvalue weighted by molar-refractivity contribution is 0.319. The number of rotatable bonds is 8. The third-order valence-corrected chi connectivity index (χ3v) is 3.61. The third-order valence-electron chi connectivity index (χ3n) is 2.21. The van der Waals surface area contributed by atoms with E-state index in [0.29, 0.717) is 19.0 Å². The van der Waals surface area contributed by atoms with E-state index in [-0.39, 0.29) is 12.3 Å². The van der Waals surface area contributed by atoms with Crippen LogP contribution in [-0.4, -0.2) is 33.9 Å². The van der Waals surface area contributed by atoms with E-state index < -0.39 is 10.0 Å². The van der Waals surface area contributed by atoms with Crippen LogP contribution in [0.3, 0.4) is 0 Å². The zero-order valence-corrected chi connectivity index (χ0v) is 11.5. The Morgan fingerprint density at radius 3 is 2.11 bits per heavy atom. The Labute approximate surface area is 108 Å². The van der Waals surface area contributed by atoms with Gasteiger partial charge in [0, 0.05) is 6.54 Å². The monoisotopic (exact) mass is 273 g/mol. The Morgan fingerprint density at radius 1 is 1.06 bits per heavy atom. The van der Waals surface area contributed by atoms with E-state index >= 15 is 0 Å². The number of hydrogen-bond acceptors (Lipinski definition) is 4. The smallest absolute Gasteiger partial charge is 0.211 e. The zero-order chi connectivity index (χ0) is 13.4. The van der Waals surface area contributed by atoms with E-state index in [2.05, 4.69) is 4.72 Å². The van der Waals surface area contributed by atoms with Crippen molar-refractivity contribution in [1.29, 1.82) is 0 Å². The van der Waals surface area contributed by atoms with Crippen LogP contribution in [0.25, 0.3) is 0 Å². The minimum atomic E-state index is -3.14. The first kappa shape index (κ1) is 14.8. The first-order valence-electron chi connectivity index (χ1n) is 5.90. The minimum absolute atomic E-state index is 0.0794. The highest BCUT2D eigenvalue weighted by Crippen LogP contribution is 2.17. The molecule has 1 rings (SSSR count). The Kier molecular flexibility index (Phi) is 5.94. The fourth-order valence-electron chi connectivity index (χ4n) is 1.27. The van der Waals surface area contributed by atoms with Crippen molar-refractivity contribution in [2.75, 3.05) is 25.5 Å². The molecule has 0 spiro atoms. The third kappa shape index (κ3) is 5.37. The summed E-state index contributed by atoms with van der Waals surface area (Å²) in [5.41, 5.74) is 0. The van der Waals surface area contributed by atoms with Crippen LogP contribution >= 0.6 is 0 Å². The molecule has 1 aromatic rings. The molecule has 18 heavy (non-hydrogen) atoms. The van der Waals surface area contributed by atoms with Gasteiger partial charge in [-0.2, -0.15) is 0 Å². The van der Waals surface area contributed by atoms with Crippen molar-refractivity contribution < 1.29 is 17.9 Å². The lowest BCUT2D eigenvalue weighted by atomic mass is 10.3.